The molecule has 0 saturated heterocycles. The average Bonchev–Trinajstić information content (AvgIpc) is 3.12. The highest BCUT2D eigenvalue weighted by Gasteiger charge is 2.24. The second kappa shape index (κ2) is 5.26. The molecule has 1 atom stereocenters. The summed E-state index contributed by atoms with van der Waals surface area (Å²) in [5, 5.41) is 12.2. The summed E-state index contributed by atoms with van der Waals surface area (Å²) in [5.74, 6) is 3.05. The lowest BCUT2D eigenvalue weighted by atomic mass is 10.1. The topological polar surface area (TPSA) is 42.7 Å². The summed E-state index contributed by atoms with van der Waals surface area (Å²) in [6, 6.07) is 9.25. The Balaban J connectivity index is 1.42. The van der Waals surface area contributed by atoms with Crippen molar-refractivity contribution in [2.24, 2.45) is 0 Å². The third-order valence-electron chi connectivity index (χ3n) is 4.64. The van der Waals surface area contributed by atoms with E-state index in [1.54, 1.807) is 0 Å². The van der Waals surface area contributed by atoms with Gasteiger partial charge in [0.1, 0.15) is 11.6 Å². The Kier molecular flexibility index (Phi) is 3.26. The summed E-state index contributed by atoms with van der Waals surface area (Å²) >= 11 is 0. The van der Waals surface area contributed by atoms with Crippen LogP contribution in [0.5, 0.6) is 0 Å². The normalized spacial score (nSPS) is 18.7. The van der Waals surface area contributed by atoms with Crippen LogP contribution in [0.25, 0.3) is 0 Å². The Morgan fingerprint density at radius 3 is 3.10 bits per heavy atom. The number of nitrogens with zero attached hydrogens (tertiary/aromatic N) is 3. The maximum atomic E-state index is 4.36. The zero-order valence-corrected chi connectivity index (χ0v) is 12.5. The van der Waals surface area contributed by atoms with Gasteiger partial charge in [0.2, 0.25) is 0 Å². The minimum Gasteiger partial charge on any atom is -0.314 e. The number of hydrogen-bond donors (Lipinski definition) is 1. The molecule has 4 heteroatoms. The number of benzene rings is 1. The van der Waals surface area contributed by atoms with E-state index in [0.29, 0.717) is 0 Å². The van der Waals surface area contributed by atoms with E-state index in [4.69, 9.17) is 0 Å². The number of hydrogen-bond acceptors (Lipinski definition) is 3. The second-order valence-corrected chi connectivity index (χ2v) is 6.35. The van der Waals surface area contributed by atoms with Crippen molar-refractivity contribution in [3.05, 3.63) is 47.0 Å². The average molecular weight is 282 g/mol. The van der Waals surface area contributed by atoms with Crippen molar-refractivity contribution in [3.8, 4) is 0 Å². The molecule has 1 N–H and O–H groups in total. The Bertz CT molecular complexity index is 642. The van der Waals surface area contributed by atoms with Gasteiger partial charge in [0.25, 0.3) is 0 Å². The number of nitrogens with one attached hydrogen (secondary N) is 1. The van der Waals surface area contributed by atoms with E-state index in [-0.39, 0.29) is 6.04 Å². The molecule has 1 fully saturated rings. The quantitative estimate of drug-likeness (QED) is 0.917. The van der Waals surface area contributed by atoms with E-state index in [0.717, 1.165) is 37.1 Å². The minimum atomic E-state index is 0.244. The van der Waals surface area contributed by atoms with E-state index in [2.05, 4.69) is 51.3 Å². The molecular formula is C17H22N4. The first-order valence-electron chi connectivity index (χ1n) is 8.05. The van der Waals surface area contributed by atoms with Gasteiger partial charge in [0, 0.05) is 19.5 Å². The van der Waals surface area contributed by atoms with Crippen molar-refractivity contribution in [1.82, 2.24) is 20.1 Å². The molecule has 0 radical (unpaired) electrons. The fraction of sp³-hybridized carbons (Fsp3) is 0.529. The second-order valence-electron chi connectivity index (χ2n) is 6.35. The molecular weight excluding hydrogens is 260 g/mol. The van der Waals surface area contributed by atoms with Crippen LogP contribution < -0.4 is 5.32 Å². The van der Waals surface area contributed by atoms with Crippen LogP contribution in [0.3, 0.4) is 0 Å². The third-order valence-corrected chi connectivity index (χ3v) is 4.64. The van der Waals surface area contributed by atoms with Gasteiger partial charge in [-0.05, 0) is 43.2 Å². The summed E-state index contributed by atoms with van der Waals surface area (Å²) in [4.78, 5) is 0. The number of fused-ring (bicyclic) bond motifs is 1. The van der Waals surface area contributed by atoms with E-state index < -0.39 is 0 Å². The zero-order chi connectivity index (χ0) is 14.2. The molecule has 1 unspecified atom stereocenters. The molecule has 1 aromatic heterocycles. The van der Waals surface area contributed by atoms with Crippen LogP contribution >= 0.6 is 0 Å². The Labute approximate surface area is 125 Å². The van der Waals surface area contributed by atoms with Gasteiger partial charge in [0.15, 0.2) is 0 Å². The molecule has 110 valence electrons. The Morgan fingerprint density at radius 2 is 2.24 bits per heavy atom. The van der Waals surface area contributed by atoms with E-state index in [9.17, 15) is 0 Å². The first-order chi connectivity index (χ1) is 10.3. The maximum absolute atomic E-state index is 4.36. The van der Waals surface area contributed by atoms with E-state index in [1.165, 1.54) is 30.4 Å². The molecule has 0 spiro atoms. The third kappa shape index (κ3) is 2.60. The maximum Gasteiger partial charge on any atom is 0.149 e. The molecule has 21 heavy (non-hydrogen) atoms. The van der Waals surface area contributed by atoms with Gasteiger partial charge < -0.3 is 9.88 Å². The monoisotopic (exact) mass is 282 g/mol. The molecule has 0 bridgehead atoms. The molecule has 4 rings (SSSR count). The fourth-order valence-corrected chi connectivity index (χ4v) is 3.23. The highest BCUT2D eigenvalue weighted by Crippen LogP contribution is 2.40. The largest absolute Gasteiger partial charge is 0.314 e. The van der Waals surface area contributed by atoms with Crippen molar-refractivity contribution in [2.75, 3.05) is 0 Å². The molecule has 1 saturated carbocycles. The lowest BCUT2D eigenvalue weighted by Gasteiger charge is -2.14. The summed E-state index contributed by atoms with van der Waals surface area (Å²) < 4.78 is 2.28. The van der Waals surface area contributed by atoms with Crippen LogP contribution in [-0.2, 0) is 19.5 Å². The van der Waals surface area contributed by atoms with Crippen LogP contribution in [0, 0.1) is 0 Å². The predicted molar refractivity (Wildman–Crippen MR) is 82.0 cm³/mol. The minimum absolute atomic E-state index is 0.244. The summed E-state index contributed by atoms with van der Waals surface area (Å²) in [6.45, 7) is 4.14. The summed E-state index contributed by atoms with van der Waals surface area (Å²) in [7, 11) is 0. The van der Waals surface area contributed by atoms with Crippen molar-refractivity contribution in [3.63, 3.8) is 0 Å². The zero-order valence-electron chi connectivity index (χ0n) is 12.5. The Hall–Kier alpha value is -1.68. The summed E-state index contributed by atoms with van der Waals surface area (Å²) in [5.41, 5.74) is 2.87. The lowest BCUT2D eigenvalue weighted by Crippen LogP contribution is -2.21. The van der Waals surface area contributed by atoms with E-state index in [1.807, 2.05) is 0 Å². The smallest absolute Gasteiger partial charge is 0.149 e. The van der Waals surface area contributed by atoms with Crippen molar-refractivity contribution in [1.29, 1.82) is 0 Å². The van der Waals surface area contributed by atoms with Gasteiger partial charge in [-0.3, -0.25) is 0 Å². The molecule has 2 aromatic rings. The molecule has 1 aliphatic carbocycles. The molecule has 2 heterocycles. The van der Waals surface area contributed by atoms with Crippen LogP contribution in [0.15, 0.2) is 24.3 Å². The fourth-order valence-electron chi connectivity index (χ4n) is 3.23. The van der Waals surface area contributed by atoms with Gasteiger partial charge in [-0.15, -0.1) is 10.2 Å². The molecule has 0 amide bonds. The number of aromatic nitrogens is 3. The first-order valence-corrected chi connectivity index (χ1v) is 8.05. The first kappa shape index (κ1) is 13.0. The summed E-state index contributed by atoms with van der Waals surface area (Å²) in [6.07, 6.45) is 5.00. The van der Waals surface area contributed by atoms with Gasteiger partial charge in [0.05, 0.1) is 6.04 Å². The van der Waals surface area contributed by atoms with Crippen LogP contribution in [0.1, 0.15) is 60.9 Å². The van der Waals surface area contributed by atoms with Gasteiger partial charge in [-0.2, -0.15) is 0 Å². The van der Waals surface area contributed by atoms with Crippen molar-refractivity contribution < 1.29 is 0 Å². The molecule has 4 nitrogen and oxygen atoms in total. The standard InChI is InChI=1S/C17H22N4/c1-12(17-20-19-16-6-3-9-21(16)17)18-11-13-4-2-5-15(10-13)14-7-8-14/h2,4-5,10,12,14,18H,3,6-9,11H2,1H3. The van der Waals surface area contributed by atoms with Crippen molar-refractivity contribution in [2.45, 2.75) is 57.7 Å². The predicted octanol–water partition coefficient (Wildman–Crippen LogP) is 2.95. The lowest BCUT2D eigenvalue weighted by molar-refractivity contribution is 0.515. The number of rotatable bonds is 5. The Morgan fingerprint density at radius 1 is 1.33 bits per heavy atom. The van der Waals surface area contributed by atoms with Gasteiger partial charge >= 0.3 is 0 Å². The van der Waals surface area contributed by atoms with Crippen LogP contribution in [0.4, 0.5) is 0 Å². The number of aryl methyl sites for hydroxylation is 1. The molecule has 2 aliphatic rings. The molecule has 1 aromatic carbocycles. The van der Waals surface area contributed by atoms with Gasteiger partial charge in [-0.25, -0.2) is 0 Å². The molecule has 1 aliphatic heterocycles. The van der Waals surface area contributed by atoms with E-state index >= 15 is 0 Å². The SMILES string of the molecule is CC(NCc1cccc(C2CC2)c1)c1nnc2n1CCC2. The van der Waals surface area contributed by atoms with Crippen LogP contribution in [-0.4, -0.2) is 14.8 Å². The van der Waals surface area contributed by atoms with Gasteiger partial charge in [-0.1, -0.05) is 24.3 Å². The highest BCUT2D eigenvalue weighted by molar-refractivity contribution is 5.29. The highest BCUT2D eigenvalue weighted by atomic mass is 15.3. The van der Waals surface area contributed by atoms with Crippen LogP contribution in [0.2, 0.25) is 0 Å². The van der Waals surface area contributed by atoms with Crippen molar-refractivity contribution >= 4 is 0 Å².